The number of hydrogen-bond donors (Lipinski definition) is 2. The molecule has 0 unspecified atom stereocenters. The van der Waals surface area contributed by atoms with E-state index in [4.69, 9.17) is 15.6 Å². The Bertz CT molecular complexity index is 684. The van der Waals surface area contributed by atoms with Crippen LogP contribution in [0.25, 0.3) is 11.3 Å². The number of aryl methyl sites for hydroxylation is 2. The molecule has 0 amide bonds. The summed E-state index contributed by atoms with van der Waals surface area (Å²) in [7, 11) is 1.55. The number of hydrogen-bond acceptors (Lipinski definition) is 5. The van der Waals surface area contributed by atoms with E-state index >= 15 is 0 Å². The second-order valence-electron chi connectivity index (χ2n) is 4.44. The fraction of sp³-hybridized carbons (Fsp3) is 0.214. The van der Waals surface area contributed by atoms with E-state index in [0.29, 0.717) is 17.0 Å². The zero-order chi connectivity index (χ0) is 14.9. The second kappa shape index (κ2) is 5.16. The third kappa shape index (κ3) is 2.54. The third-order valence-electron chi connectivity index (χ3n) is 3.05. The zero-order valence-corrected chi connectivity index (χ0v) is 11.5. The molecule has 0 saturated heterocycles. The summed E-state index contributed by atoms with van der Waals surface area (Å²) in [6.45, 7) is 3.93. The highest BCUT2D eigenvalue weighted by Crippen LogP contribution is 2.32. The fourth-order valence-electron chi connectivity index (χ4n) is 1.87. The molecule has 20 heavy (non-hydrogen) atoms. The van der Waals surface area contributed by atoms with Gasteiger partial charge in [-0.25, -0.2) is 14.8 Å². The topological polar surface area (TPSA) is 98.3 Å². The summed E-state index contributed by atoms with van der Waals surface area (Å²) < 4.78 is 5.33. The Hall–Kier alpha value is -2.63. The third-order valence-corrected chi connectivity index (χ3v) is 3.05. The van der Waals surface area contributed by atoms with Crippen LogP contribution in [0.1, 0.15) is 21.6 Å². The number of carboxylic acid groups (broad SMARTS) is 1. The molecule has 0 aliphatic heterocycles. The highest BCUT2D eigenvalue weighted by Gasteiger charge is 2.14. The van der Waals surface area contributed by atoms with Gasteiger partial charge in [0.2, 0.25) is 5.95 Å². The van der Waals surface area contributed by atoms with Crippen molar-refractivity contribution in [3.05, 3.63) is 35.0 Å². The first-order valence-electron chi connectivity index (χ1n) is 5.96. The number of nitrogens with two attached hydrogens (primary N) is 1. The number of carbonyl (C=O) groups is 1. The van der Waals surface area contributed by atoms with Crippen LogP contribution in [0.3, 0.4) is 0 Å². The van der Waals surface area contributed by atoms with Crippen molar-refractivity contribution < 1.29 is 14.6 Å². The van der Waals surface area contributed by atoms with E-state index < -0.39 is 5.97 Å². The molecular formula is C14H15N3O3. The molecule has 3 N–H and O–H groups in total. The number of nitrogens with zero attached hydrogens (tertiary/aromatic N) is 2. The Kier molecular flexibility index (Phi) is 3.56. The van der Waals surface area contributed by atoms with Gasteiger partial charge in [-0.15, -0.1) is 0 Å². The van der Waals surface area contributed by atoms with Gasteiger partial charge in [0.15, 0.2) is 5.69 Å². The molecule has 0 aliphatic carbocycles. The van der Waals surface area contributed by atoms with Gasteiger partial charge in [-0.3, -0.25) is 0 Å². The predicted octanol–water partition coefficient (Wildman–Crippen LogP) is 2.05. The van der Waals surface area contributed by atoms with Gasteiger partial charge in [-0.2, -0.15) is 0 Å². The number of aromatic nitrogens is 2. The smallest absolute Gasteiger partial charge is 0.354 e. The van der Waals surface area contributed by atoms with E-state index in [0.717, 1.165) is 11.1 Å². The molecule has 0 atom stereocenters. The number of aromatic carboxylic acids is 1. The van der Waals surface area contributed by atoms with Gasteiger partial charge in [-0.1, -0.05) is 0 Å². The average molecular weight is 273 g/mol. The molecule has 0 aliphatic rings. The van der Waals surface area contributed by atoms with Crippen molar-refractivity contribution in [3.8, 4) is 17.0 Å². The SMILES string of the molecule is COc1cc(C)c(C)cc1-c1cc(C(=O)O)nc(N)n1. The number of nitrogen functional groups attached to an aromatic ring is 1. The average Bonchev–Trinajstić information content (AvgIpc) is 2.40. The standard InChI is InChI=1S/C14H15N3O3/c1-7-4-9(12(20-3)5-8(7)2)10-6-11(13(18)19)17-14(15)16-10/h4-6H,1-3H3,(H,18,19)(H2,15,16,17). The van der Waals surface area contributed by atoms with Crippen LogP contribution in [0.2, 0.25) is 0 Å². The number of anilines is 1. The molecular weight excluding hydrogens is 258 g/mol. The second-order valence-corrected chi connectivity index (χ2v) is 4.44. The minimum atomic E-state index is -1.15. The van der Waals surface area contributed by atoms with E-state index in [1.807, 2.05) is 26.0 Å². The number of methoxy groups -OCH3 is 1. The van der Waals surface area contributed by atoms with Crippen molar-refractivity contribution >= 4 is 11.9 Å². The monoisotopic (exact) mass is 273 g/mol. The van der Waals surface area contributed by atoms with Gasteiger partial charge >= 0.3 is 5.97 Å². The summed E-state index contributed by atoms with van der Waals surface area (Å²) in [5.41, 5.74) is 8.66. The van der Waals surface area contributed by atoms with Crippen molar-refractivity contribution in [1.82, 2.24) is 9.97 Å². The highest BCUT2D eigenvalue weighted by atomic mass is 16.5. The van der Waals surface area contributed by atoms with E-state index in [9.17, 15) is 4.79 Å². The molecule has 0 radical (unpaired) electrons. The van der Waals surface area contributed by atoms with E-state index in [1.54, 1.807) is 7.11 Å². The lowest BCUT2D eigenvalue weighted by molar-refractivity contribution is 0.0690. The fourth-order valence-corrected chi connectivity index (χ4v) is 1.87. The van der Waals surface area contributed by atoms with E-state index in [1.165, 1.54) is 6.07 Å². The zero-order valence-electron chi connectivity index (χ0n) is 11.5. The van der Waals surface area contributed by atoms with E-state index in [-0.39, 0.29) is 11.6 Å². The van der Waals surface area contributed by atoms with Crippen LogP contribution in [0, 0.1) is 13.8 Å². The Balaban J connectivity index is 2.67. The maximum atomic E-state index is 11.0. The molecule has 104 valence electrons. The minimum Gasteiger partial charge on any atom is -0.496 e. The van der Waals surface area contributed by atoms with Crippen molar-refractivity contribution in [2.24, 2.45) is 0 Å². The summed E-state index contributed by atoms with van der Waals surface area (Å²) in [5.74, 6) is -0.620. The molecule has 1 aromatic carbocycles. The summed E-state index contributed by atoms with van der Waals surface area (Å²) in [6.07, 6.45) is 0. The number of ether oxygens (including phenoxy) is 1. The normalized spacial score (nSPS) is 10.3. The minimum absolute atomic E-state index is 0.0832. The van der Waals surface area contributed by atoms with E-state index in [2.05, 4.69) is 9.97 Å². The van der Waals surface area contributed by atoms with Gasteiger partial charge < -0.3 is 15.6 Å². The van der Waals surface area contributed by atoms with Gasteiger partial charge in [-0.05, 0) is 43.2 Å². The summed E-state index contributed by atoms with van der Waals surface area (Å²) >= 11 is 0. The number of rotatable bonds is 3. The first kappa shape index (κ1) is 13.8. The van der Waals surface area contributed by atoms with Crippen LogP contribution in [0.5, 0.6) is 5.75 Å². The molecule has 6 nitrogen and oxygen atoms in total. The van der Waals surface area contributed by atoms with Crippen LogP contribution < -0.4 is 10.5 Å². The van der Waals surface area contributed by atoms with Crippen LogP contribution in [0.15, 0.2) is 18.2 Å². The molecule has 0 bridgehead atoms. The van der Waals surface area contributed by atoms with Gasteiger partial charge in [0.25, 0.3) is 0 Å². The van der Waals surface area contributed by atoms with Gasteiger partial charge in [0.1, 0.15) is 5.75 Å². The highest BCUT2D eigenvalue weighted by molar-refractivity contribution is 5.87. The lowest BCUT2D eigenvalue weighted by Crippen LogP contribution is -2.06. The maximum Gasteiger partial charge on any atom is 0.354 e. The molecule has 2 aromatic rings. The first-order chi connectivity index (χ1) is 9.42. The summed E-state index contributed by atoms with van der Waals surface area (Å²) in [5, 5.41) is 9.03. The predicted molar refractivity (Wildman–Crippen MR) is 74.9 cm³/mol. The van der Waals surface area contributed by atoms with Crippen molar-refractivity contribution in [2.45, 2.75) is 13.8 Å². The molecule has 6 heteroatoms. The number of benzene rings is 1. The Morgan fingerprint density at radius 2 is 1.85 bits per heavy atom. The summed E-state index contributed by atoms with van der Waals surface area (Å²) in [6, 6.07) is 5.15. The molecule has 2 rings (SSSR count). The van der Waals surface area contributed by atoms with Gasteiger partial charge in [0.05, 0.1) is 12.8 Å². The largest absolute Gasteiger partial charge is 0.496 e. The number of carboxylic acids is 1. The first-order valence-corrected chi connectivity index (χ1v) is 5.96. The molecule has 0 fully saturated rings. The van der Waals surface area contributed by atoms with Crippen molar-refractivity contribution in [3.63, 3.8) is 0 Å². The lowest BCUT2D eigenvalue weighted by Gasteiger charge is -2.12. The quantitative estimate of drug-likeness (QED) is 0.888. The summed E-state index contributed by atoms with van der Waals surface area (Å²) in [4.78, 5) is 18.8. The molecule has 1 aromatic heterocycles. The van der Waals surface area contributed by atoms with Gasteiger partial charge in [0, 0.05) is 5.56 Å². The van der Waals surface area contributed by atoms with Crippen molar-refractivity contribution in [1.29, 1.82) is 0 Å². The van der Waals surface area contributed by atoms with Crippen molar-refractivity contribution in [2.75, 3.05) is 12.8 Å². The van der Waals surface area contributed by atoms with Crippen LogP contribution in [0.4, 0.5) is 5.95 Å². The Morgan fingerprint density at radius 3 is 2.45 bits per heavy atom. The molecule has 0 spiro atoms. The van der Waals surface area contributed by atoms with Crippen LogP contribution in [-0.2, 0) is 0 Å². The molecule has 1 heterocycles. The molecule has 0 saturated carbocycles. The Labute approximate surface area is 116 Å². The Morgan fingerprint density at radius 1 is 1.20 bits per heavy atom. The van der Waals surface area contributed by atoms with Crippen LogP contribution in [-0.4, -0.2) is 28.2 Å². The lowest BCUT2D eigenvalue weighted by atomic mass is 10.0. The maximum absolute atomic E-state index is 11.0. The van der Waals surface area contributed by atoms with Crippen LogP contribution >= 0.6 is 0 Å².